The lowest BCUT2D eigenvalue weighted by molar-refractivity contribution is 0.102. The van der Waals surface area contributed by atoms with E-state index in [1.54, 1.807) is 19.1 Å². The standard InChI is InChI=1S/C17H10F2N2OS/c1-8-16(9(2)22)23-17(21-8)11-3-10-5-14(18)15(19)6-13(10)12(4-11)7-20/h3-6H,1-2H3. The number of carbonyl (C=O) groups excluding carboxylic acids is 1. The topological polar surface area (TPSA) is 53.8 Å². The highest BCUT2D eigenvalue weighted by atomic mass is 32.1. The smallest absolute Gasteiger partial charge is 0.171 e. The molecule has 0 atom stereocenters. The normalized spacial score (nSPS) is 10.7. The summed E-state index contributed by atoms with van der Waals surface area (Å²) in [7, 11) is 0. The van der Waals surface area contributed by atoms with E-state index in [4.69, 9.17) is 0 Å². The number of halogens is 2. The molecule has 0 bridgehead atoms. The van der Waals surface area contributed by atoms with Crippen LogP contribution in [0.5, 0.6) is 0 Å². The molecule has 3 rings (SSSR count). The van der Waals surface area contributed by atoms with Crippen LogP contribution in [0.15, 0.2) is 24.3 Å². The number of carbonyl (C=O) groups is 1. The molecule has 0 aliphatic carbocycles. The molecule has 0 radical (unpaired) electrons. The van der Waals surface area contributed by atoms with Crippen LogP contribution < -0.4 is 0 Å². The van der Waals surface area contributed by atoms with Gasteiger partial charge in [-0.2, -0.15) is 5.26 Å². The number of fused-ring (bicyclic) bond motifs is 1. The van der Waals surface area contributed by atoms with E-state index in [1.165, 1.54) is 18.3 Å². The Balaban J connectivity index is 2.27. The Labute approximate surface area is 134 Å². The van der Waals surface area contributed by atoms with E-state index in [0.29, 0.717) is 31.9 Å². The van der Waals surface area contributed by atoms with Gasteiger partial charge in [-0.1, -0.05) is 0 Å². The summed E-state index contributed by atoms with van der Waals surface area (Å²) in [6.07, 6.45) is 0. The number of nitriles is 1. The van der Waals surface area contributed by atoms with Gasteiger partial charge in [-0.05, 0) is 36.6 Å². The summed E-state index contributed by atoms with van der Waals surface area (Å²) in [4.78, 5) is 16.4. The zero-order valence-electron chi connectivity index (χ0n) is 12.3. The van der Waals surface area contributed by atoms with Gasteiger partial charge in [-0.3, -0.25) is 4.79 Å². The van der Waals surface area contributed by atoms with Crippen LogP contribution in [0.3, 0.4) is 0 Å². The molecule has 1 aromatic heterocycles. The molecule has 3 nitrogen and oxygen atoms in total. The van der Waals surface area contributed by atoms with Crippen LogP contribution in [-0.2, 0) is 0 Å². The number of Topliss-reactive ketones (excluding diaryl/α,β-unsaturated/α-hetero) is 1. The van der Waals surface area contributed by atoms with Crippen molar-refractivity contribution in [2.75, 3.05) is 0 Å². The van der Waals surface area contributed by atoms with E-state index in [9.17, 15) is 18.8 Å². The van der Waals surface area contributed by atoms with Gasteiger partial charge in [0.2, 0.25) is 0 Å². The fourth-order valence-corrected chi connectivity index (χ4v) is 3.37. The second-order valence-corrected chi connectivity index (χ2v) is 6.11. The zero-order chi connectivity index (χ0) is 16.7. The Morgan fingerprint density at radius 2 is 1.91 bits per heavy atom. The Morgan fingerprint density at radius 1 is 1.22 bits per heavy atom. The lowest BCUT2D eigenvalue weighted by Gasteiger charge is -2.05. The fourth-order valence-electron chi connectivity index (χ4n) is 2.42. The molecule has 0 unspecified atom stereocenters. The van der Waals surface area contributed by atoms with Crippen LogP contribution in [0.25, 0.3) is 21.3 Å². The molecular formula is C17H10F2N2OS. The number of nitrogens with zero attached hydrogens (tertiary/aromatic N) is 2. The van der Waals surface area contributed by atoms with Gasteiger partial charge < -0.3 is 0 Å². The van der Waals surface area contributed by atoms with Gasteiger partial charge in [-0.25, -0.2) is 13.8 Å². The van der Waals surface area contributed by atoms with E-state index in [-0.39, 0.29) is 11.3 Å². The molecule has 0 saturated carbocycles. The Morgan fingerprint density at radius 3 is 2.52 bits per heavy atom. The summed E-state index contributed by atoms with van der Waals surface area (Å²) in [5, 5.41) is 10.6. The highest BCUT2D eigenvalue weighted by molar-refractivity contribution is 7.17. The van der Waals surface area contributed by atoms with Crippen molar-refractivity contribution >= 4 is 27.9 Å². The molecule has 6 heteroatoms. The van der Waals surface area contributed by atoms with E-state index >= 15 is 0 Å². The van der Waals surface area contributed by atoms with E-state index < -0.39 is 11.6 Å². The van der Waals surface area contributed by atoms with Gasteiger partial charge in [0.25, 0.3) is 0 Å². The number of thiazole rings is 1. The maximum atomic E-state index is 13.5. The number of rotatable bonds is 2. The van der Waals surface area contributed by atoms with Gasteiger partial charge >= 0.3 is 0 Å². The summed E-state index contributed by atoms with van der Waals surface area (Å²) in [6, 6.07) is 7.27. The first-order chi connectivity index (χ1) is 10.9. The van der Waals surface area contributed by atoms with Crippen LogP contribution in [0.1, 0.15) is 27.9 Å². The molecule has 0 fully saturated rings. The third-order valence-electron chi connectivity index (χ3n) is 3.48. The van der Waals surface area contributed by atoms with Gasteiger partial charge in [-0.15, -0.1) is 11.3 Å². The molecule has 23 heavy (non-hydrogen) atoms. The number of ketones is 1. The van der Waals surface area contributed by atoms with Crippen molar-refractivity contribution in [3.8, 4) is 16.6 Å². The monoisotopic (exact) mass is 328 g/mol. The predicted molar refractivity (Wildman–Crippen MR) is 84.4 cm³/mol. The van der Waals surface area contributed by atoms with E-state index in [2.05, 4.69) is 4.98 Å². The van der Waals surface area contributed by atoms with Crippen molar-refractivity contribution in [3.05, 3.63) is 52.0 Å². The molecule has 0 aliphatic rings. The minimum atomic E-state index is -0.995. The largest absolute Gasteiger partial charge is 0.294 e. The number of benzene rings is 2. The van der Waals surface area contributed by atoms with Crippen molar-refractivity contribution in [1.29, 1.82) is 5.26 Å². The summed E-state index contributed by atoms with van der Waals surface area (Å²) in [6.45, 7) is 3.20. The second-order valence-electron chi connectivity index (χ2n) is 5.11. The molecule has 0 N–H and O–H groups in total. The van der Waals surface area contributed by atoms with Crippen molar-refractivity contribution in [2.45, 2.75) is 13.8 Å². The van der Waals surface area contributed by atoms with Crippen molar-refractivity contribution in [2.24, 2.45) is 0 Å². The lowest BCUT2D eigenvalue weighted by atomic mass is 10.0. The Bertz CT molecular complexity index is 1000. The number of aromatic nitrogens is 1. The third-order valence-corrected chi connectivity index (χ3v) is 4.78. The minimum absolute atomic E-state index is 0.0827. The number of hydrogen-bond acceptors (Lipinski definition) is 4. The average Bonchev–Trinajstić information content (AvgIpc) is 2.89. The highest BCUT2D eigenvalue weighted by Crippen LogP contribution is 2.33. The molecular weight excluding hydrogens is 318 g/mol. The summed E-state index contributed by atoms with van der Waals surface area (Å²) in [5.74, 6) is -2.05. The van der Waals surface area contributed by atoms with Crippen LogP contribution in [0.2, 0.25) is 0 Å². The summed E-state index contributed by atoms with van der Waals surface area (Å²) >= 11 is 1.22. The maximum absolute atomic E-state index is 13.5. The van der Waals surface area contributed by atoms with Crippen LogP contribution >= 0.6 is 11.3 Å². The fraction of sp³-hybridized carbons (Fsp3) is 0.118. The summed E-state index contributed by atoms with van der Waals surface area (Å²) in [5.41, 5.74) is 1.44. The van der Waals surface area contributed by atoms with Crippen molar-refractivity contribution in [1.82, 2.24) is 4.98 Å². The van der Waals surface area contributed by atoms with Gasteiger partial charge in [0.1, 0.15) is 5.01 Å². The lowest BCUT2D eigenvalue weighted by Crippen LogP contribution is -1.89. The highest BCUT2D eigenvalue weighted by Gasteiger charge is 2.15. The Hall–Kier alpha value is -2.65. The molecule has 1 heterocycles. The zero-order valence-corrected chi connectivity index (χ0v) is 13.1. The molecule has 2 aromatic carbocycles. The van der Waals surface area contributed by atoms with Crippen LogP contribution in [-0.4, -0.2) is 10.8 Å². The molecule has 0 spiro atoms. The first-order valence-corrected chi connectivity index (χ1v) is 7.54. The third kappa shape index (κ3) is 2.60. The first-order valence-electron chi connectivity index (χ1n) is 6.72. The quantitative estimate of drug-likeness (QED) is 0.645. The van der Waals surface area contributed by atoms with Gasteiger partial charge in [0.05, 0.1) is 22.2 Å². The number of aryl methyl sites for hydroxylation is 1. The van der Waals surface area contributed by atoms with Crippen molar-refractivity contribution < 1.29 is 13.6 Å². The SMILES string of the molecule is CC(=O)c1sc(-c2cc(C#N)c3cc(F)c(F)cc3c2)nc1C. The second kappa shape index (κ2) is 5.52. The molecule has 0 amide bonds. The Kier molecular flexibility index (Phi) is 3.66. The molecule has 0 saturated heterocycles. The molecule has 3 aromatic rings. The maximum Gasteiger partial charge on any atom is 0.171 e. The average molecular weight is 328 g/mol. The first kappa shape index (κ1) is 15.3. The number of hydrogen-bond donors (Lipinski definition) is 0. The van der Waals surface area contributed by atoms with Gasteiger partial charge in [0.15, 0.2) is 17.4 Å². The molecule has 114 valence electrons. The molecule has 0 aliphatic heterocycles. The summed E-state index contributed by atoms with van der Waals surface area (Å²) < 4.78 is 26.9. The van der Waals surface area contributed by atoms with E-state index in [0.717, 1.165) is 12.1 Å². The van der Waals surface area contributed by atoms with Crippen molar-refractivity contribution in [3.63, 3.8) is 0 Å². The van der Waals surface area contributed by atoms with E-state index in [1.807, 2.05) is 6.07 Å². The van der Waals surface area contributed by atoms with Gasteiger partial charge in [0, 0.05) is 17.9 Å². The van der Waals surface area contributed by atoms with Crippen LogP contribution in [0, 0.1) is 29.9 Å². The predicted octanol–water partition coefficient (Wildman–Crippen LogP) is 4.62. The van der Waals surface area contributed by atoms with Crippen LogP contribution in [0.4, 0.5) is 8.78 Å². The minimum Gasteiger partial charge on any atom is -0.294 e.